The summed E-state index contributed by atoms with van der Waals surface area (Å²) in [6, 6.07) is 0. The summed E-state index contributed by atoms with van der Waals surface area (Å²) in [5.74, 6) is 0. The summed E-state index contributed by atoms with van der Waals surface area (Å²) in [5.41, 5.74) is 1.02. The van der Waals surface area contributed by atoms with E-state index in [0.717, 1.165) is 5.57 Å². The lowest BCUT2D eigenvalue weighted by Gasteiger charge is -1.81. The van der Waals surface area contributed by atoms with Crippen LogP contribution in [0.25, 0.3) is 0 Å². The molecule has 0 aliphatic rings. The van der Waals surface area contributed by atoms with Gasteiger partial charge in [-0.3, -0.25) is 9.98 Å². The van der Waals surface area contributed by atoms with Crippen LogP contribution >= 0.6 is 0 Å². The van der Waals surface area contributed by atoms with Crippen LogP contribution in [0.15, 0.2) is 21.8 Å². The lowest BCUT2D eigenvalue weighted by Crippen LogP contribution is -1.73. The van der Waals surface area contributed by atoms with E-state index in [1.54, 1.807) is 19.5 Å². The highest BCUT2D eigenvalue weighted by molar-refractivity contribution is 5.77. The summed E-state index contributed by atoms with van der Waals surface area (Å²) in [6.07, 6.45) is 3.39. The quantitative estimate of drug-likeness (QED) is 0.478. The van der Waals surface area contributed by atoms with Gasteiger partial charge in [0.2, 0.25) is 0 Å². The van der Waals surface area contributed by atoms with Crippen LogP contribution in [0.1, 0.15) is 6.92 Å². The first-order valence-electron chi connectivity index (χ1n) is 2.36. The topological polar surface area (TPSA) is 24.7 Å². The normalized spacial score (nSPS) is 12.5. The van der Waals surface area contributed by atoms with E-state index in [9.17, 15) is 0 Å². The highest BCUT2D eigenvalue weighted by atomic mass is 14.7. The van der Waals surface area contributed by atoms with Gasteiger partial charge < -0.3 is 0 Å². The number of rotatable bonds is 2. The maximum atomic E-state index is 3.77. The van der Waals surface area contributed by atoms with Gasteiger partial charge in [0.15, 0.2) is 0 Å². The molecule has 0 saturated heterocycles. The summed E-state index contributed by atoms with van der Waals surface area (Å²) >= 11 is 0. The molecule has 0 aromatic heterocycles. The molecule has 0 rings (SSSR count). The van der Waals surface area contributed by atoms with Crippen LogP contribution < -0.4 is 0 Å². The van der Waals surface area contributed by atoms with Crippen LogP contribution in [-0.2, 0) is 0 Å². The van der Waals surface area contributed by atoms with E-state index in [-0.39, 0.29) is 0 Å². The van der Waals surface area contributed by atoms with E-state index < -0.39 is 0 Å². The van der Waals surface area contributed by atoms with Gasteiger partial charge in [0, 0.05) is 19.5 Å². The van der Waals surface area contributed by atoms with Gasteiger partial charge in [-0.2, -0.15) is 0 Å². The van der Waals surface area contributed by atoms with Crippen molar-refractivity contribution in [3.05, 3.63) is 11.8 Å². The van der Waals surface area contributed by atoms with E-state index in [1.807, 2.05) is 6.92 Å². The maximum absolute atomic E-state index is 3.77. The maximum Gasteiger partial charge on any atom is 0.0304 e. The minimum atomic E-state index is 1.02. The predicted molar refractivity (Wildman–Crippen MR) is 37.7 cm³/mol. The van der Waals surface area contributed by atoms with Crippen molar-refractivity contribution in [2.24, 2.45) is 9.98 Å². The Balaban J connectivity index is 3.79. The molecular weight excluding hydrogens is 100 g/mol. The third-order valence-corrected chi connectivity index (χ3v) is 0.628. The van der Waals surface area contributed by atoms with Crippen LogP contribution in [0.4, 0.5) is 0 Å². The Kier molecular flexibility index (Phi) is 3.76. The predicted octanol–water partition coefficient (Wildman–Crippen LogP) is 1.29. The number of allylic oxidation sites excluding steroid dienone is 1. The van der Waals surface area contributed by atoms with Gasteiger partial charge in [-0.1, -0.05) is 0 Å². The smallest absolute Gasteiger partial charge is 0.0304 e. The molecule has 0 bridgehead atoms. The van der Waals surface area contributed by atoms with Crippen LogP contribution in [-0.4, -0.2) is 20.0 Å². The van der Waals surface area contributed by atoms with Crippen molar-refractivity contribution in [2.45, 2.75) is 6.92 Å². The average molecular weight is 110 g/mol. The molecule has 0 unspecified atom stereocenters. The number of aliphatic imine (C=N–C) groups is 2. The minimum Gasteiger partial charge on any atom is -0.296 e. The standard InChI is InChI=1S/C6H10N2/c1-6(4-7-2)5-8-3/h4-5H,2H2,1,3H3/b6-4+,8-5?. The summed E-state index contributed by atoms with van der Waals surface area (Å²) in [4.78, 5) is 7.32. The highest BCUT2D eigenvalue weighted by Crippen LogP contribution is 1.85. The fourth-order valence-corrected chi connectivity index (χ4v) is 0.381. The monoisotopic (exact) mass is 110 g/mol. The molecule has 0 atom stereocenters. The van der Waals surface area contributed by atoms with Gasteiger partial charge in [0.05, 0.1) is 0 Å². The molecule has 44 valence electrons. The summed E-state index contributed by atoms with van der Waals surface area (Å²) in [5, 5.41) is 0. The molecule has 0 radical (unpaired) electrons. The second kappa shape index (κ2) is 4.24. The first-order chi connectivity index (χ1) is 3.81. The lowest BCUT2D eigenvalue weighted by molar-refractivity contribution is 1.42. The molecule has 0 heterocycles. The molecule has 0 aliphatic heterocycles. The van der Waals surface area contributed by atoms with E-state index in [1.165, 1.54) is 0 Å². The first-order valence-corrected chi connectivity index (χ1v) is 2.36. The van der Waals surface area contributed by atoms with Crippen LogP contribution in [0, 0.1) is 0 Å². The molecule has 0 aromatic carbocycles. The molecular formula is C6H10N2. The fraction of sp³-hybridized carbons (Fsp3) is 0.333. The Morgan fingerprint density at radius 2 is 2.25 bits per heavy atom. The Morgan fingerprint density at radius 1 is 1.62 bits per heavy atom. The molecule has 0 fully saturated rings. The van der Waals surface area contributed by atoms with Crippen molar-refractivity contribution in [2.75, 3.05) is 7.05 Å². The van der Waals surface area contributed by atoms with Crippen LogP contribution in [0.5, 0.6) is 0 Å². The van der Waals surface area contributed by atoms with Gasteiger partial charge in [-0.15, -0.1) is 0 Å². The van der Waals surface area contributed by atoms with Crippen molar-refractivity contribution >= 4 is 12.9 Å². The molecule has 8 heavy (non-hydrogen) atoms. The van der Waals surface area contributed by atoms with Gasteiger partial charge in [0.25, 0.3) is 0 Å². The molecule has 0 amide bonds. The molecule has 0 saturated carbocycles. The Morgan fingerprint density at radius 3 is 2.62 bits per heavy atom. The molecule has 0 spiro atoms. The minimum absolute atomic E-state index is 1.02. The SMILES string of the molecule is C=N/C=C(\C)C=NC. The average Bonchev–Trinajstić information content (AvgIpc) is 1.68. The molecule has 0 aromatic rings. The van der Waals surface area contributed by atoms with Crippen molar-refractivity contribution in [1.29, 1.82) is 0 Å². The highest BCUT2D eigenvalue weighted by Gasteiger charge is 1.74. The van der Waals surface area contributed by atoms with Crippen molar-refractivity contribution < 1.29 is 0 Å². The van der Waals surface area contributed by atoms with Crippen LogP contribution in [0.2, 0.25) is 0 Å². The fourth-order valence-electron chi connectivity index (χ4n) is 0.381. The largest absolute Gasteiger partial charge is 0.296 e. The molecule has 0 N–H and O–H groups in total. The molecule has 2 nitrogen and oxygen atoms in total. The number of nitrogens with zero attached hydrogens (tertiary/aromatic N) is 2. The zero-order chi connectivity index (χ0) is 6.41. The summed E-state index contributed by atoms with van der Waals surface area (Å²) < 4.78 is 0. The Bertz CT molecular complexity index is 122. The first kappa shape index (κ1) is 7.08. The van der Waals surface area contributed by atoms with Gasteiger partial charge in [-0.25, -0.2) is 0 Å². The third-order valence-electron chi connectivity index (χ3n) is 0.628. The van der Waals surface area contributed by atoms with Crippen molar-refractivity contribution in [1.82, 2.24) is 0 Å². The van der Waals surface area contributed by atoms with Gasteiger partial charge >= 0.3 is 0 Å². The number of hydrogen-bond acceptors (Lipinski definition) is 2. The Hall–Kier alpha value is -0.920. The molecule has 2 heteroatoms. The van der Waals surface area contributed by atoms with Crippen molar-refractivity contribution in [3.63, 3.8) is 0 Å². The van der Waals surface area contributed by atoms with Crippen molar-refractivity contribution in [3.8, 4) is 0 Å². The van der Waals surface area contributed by atoms with E-state index in [0.29, 0.717) is 0 Å². The van der Waals surface area contributed by atoms with Crippen LogP contribution in [0.3, 0.4) is 0 Å². The van der Waals surface area contributed by atoms with E-state index in [2.05, 4.69) is 16.7 Å². The van der Waals surface area contributed by atoms with E-state index in [4.69, 9.17) is 0 Å². The summed E-state index contributed by atoms with van der Waals surface area (Å²) in [6.45, 7) is 5.21. The Labute approximate surface area is 49.7 Å². The van der Waals surface area contributed by atoms with Gasteiger partial charge in [0.1, 0.15) is 0 Å². The summed E-state index contributed by atoms with van der Waals surface area (Å²) in [7, 11) is 1.72. The molecule has 0 aliphatic carbocycles. The second-order valence-electron chi connectivity index (χ2n) is 1.44. The second-order valence-corrected chi connectivity index (χ2v) is 1.44. The lowest BCUT2D eigenvalue weighted by atomic mass is 10.4. The zero-order valence-electron chi connectivity index (χ0n) is 5.26. The zero-order valence-corrected chi connectivity index (χ0v) is 5.26. The van der Waals surface area contributed by atoms with E-state index >= 15 is 0 Å². The number of hydrogen-bond donors (Lipinski definition) is 0. The van der Waals surface area contributed by atoms with Gasteiger partial charge in [-0.05, 0) is 19.2 Å². The third kappa shape index (κ3) is 3.28.